The van der Waals surface area contributed by atoms with Gasteiger partial charge >= 0.3 is 0 Å². The summed E-state index contributed by atoms with van der Waals surface area (Å²) in [5.41, 5.74) is 0.627. The van der Waals surface area contributed by atoms with Gasteiger partial charge in [-0.15, -0.1) is 11.6 Å². The van der Waals surface area contributed by atoms with E-state index in [0.29, 0.717) is 25.3 Å². The first-order chi connectivity index (χ1) is 10.1. The molecule has 1 unspecified atom stereocenters. The first-order valence-corrected chi connectivity index (χ1v) is 7.63. The molecule has 118 valence electrons. The number of rotatable bonds is 9. The third-order valence-electron chi connectivity index (χ3n) is 3.03. The maximum atomic E-state index is 12.2. The number of amides is 1. The number of unbranched alkanes of at least 4 members (excludes halogenated alkanes) is 1. The van der Waals surface area contributed by atoms with Crippen molar-refractivity contribution >= 4 is 17.5 Å². The molecule has 0 aliphatic heterocycles. The lowest BCUT2D eigenvalue weighted by Crippen LogP contribution is -2.33. The van der Waals surface area contributed by atoms with Gasteiger partial charge in [-0.1, -0.05) is 13.3 Å². The molecule has 0 N–H and O–H groups in total. The van der Waals surface area contributed by atoms with Crippen LogP contribution in [0.5, 0.6) is 5.75 Å². The Morgan fingerprint density at radius 3 is 2.57 bits per heavy atom. The monoisotopic (exact) mass is 313 g/mol. The van der Waals surface area contributed by atoms with Gasteiger partial charge in [0.1, 0.15) is 5.75 Å². The molecule has 0 bridgehead atoms. The van der Waals surface area contributed by atoms with Crippen molar-refractivity contribution < 1.29 is 14.3 Å². The lowest BCUT2D eigenvalue weighted by atomic mass is 10.2. The van der Waals surface area contributed by atoms with Crippen molar-refractivity contribution in [2.45, 2.75) is 25.1 Å². The van der Waals surface area contributed by atoms with E-state index < -0.39 is 0 Å². The summed E-state index contributed by atoms with van der Waals surface area (Å²) in [4.78, 5) is 13.8. The van der Waals surface area contributed by atoms with Crippen LogP contribution in [0.1, 0.15) is 30.1 Å². The highest BCUT2D eigenvalue weighted by Crippen LogP contribution is 2.14. The molecule has 1 aromatic rings. The number of hydrogen-bond donors (Lipinski definition) is 0. The minimum atomic E-state index is -0.208. The van der Waals surface area contributed by atoms with Crippen LogP contribution in [0.15, 0.2) is 24.3 Å². The summed E-state index contributed by atoms with van der Waals surface area (Å²) in [7, 11) is 3.33. The van der Waals surface area contributed by atoms with E-state index in [9.17, 15) is 4.79 Å². The summed E-state index contributed by atoms with van der Waals surface area (Å²) < 4.78 is 10.5. The molecule has 1 rings (SSSR count). The molecule has 1 atom stereocenters. The molecule has 5 heteroatoms. The molecule has 0 aliphatic rings. The van der Waals surface area contributed by atoms with Crippen molar-refractivity contribution in [1.29, 1.82) is 0 Å². The highest BCUT2D eigenvalue weighted by Gasteiger charge is 2.15. The number of halogens is 1. The standard InChI is InChI=1S/C16H24ClNO3/c1-4-5-10-21-15-8-6-13(7-9-15)16(19)18(2)11-14(17)12-20-3/h6-9,14H,4-5,10-12H2,1-3H3. The normalized spacial score (nSPS) is 12.0. The van der Waals surface area contributed by atoms with Gasteiger partial charge in [0.15, 0.2) is 0 Å². The first kappa shape index (κ1) is 17.8. The van der Waals surface area contributed by atoms with Crippen LogP contribution in [0.25, 0.3) is 0 Å². The van der Waals surface area contributed by atoms with E-state index in [-0.39, 0.29) is 11.3 Å². The third-order valence-corrected chi connectivity index (χ3v) is 3.30. The summed E-state index contributed by atoms with van der Waals surface area (Å²) in [6.07, 6.45) is 2.13. The van der Waals surface area contributed by atoms with E-state index in [4.69, 9.17) is 21.1 Å². The summed E-state index contributed by atoms with van der Waals surface area (Å²) >= 11 is 6.06. The van der Waals surface area contributed by atoms with Gasteiger partial charge < -0.3 is 14.4 Å². The number of carbonyl (C=O) groups is 1. The lowest BCUT2D eigenvalue weighted by molar-refractivity contribution is 0.0781. The number of methoxy groups -OCH3 is 1. The zero-order chi connectivity index (χ0) is 15.7. The second-order valence-electron chi connectivity index (χ2n) is 4.96. The molecule has 0 spiro atoms. The molecular weight excluding hydrogens is 290 g/mol. The summed E-state index contributed by atoms with van der Waals surface area (Å²) in [6, 6.07) is 7.20. The van der Waals surface area contributed by atoms with Crippen LogP contribution >= 0.6 is 11.6 Å². The van der Waals surface area contributed by atoms with Gasteiger partial charge in [0.25, 0.3) is 5.91 Å². The topological polar surface area (TPSA) is 38.8 Å². The van der Waals surface area contributed by atoms with Crippen molar-refractivity contribution in [1.82, 2.24) is 4.90 Å². The Hall–Kier alpha value is -1.26. The Morgan fingerprint density at radius 1 is 1.33 bits per heavy atom. The molecule has 0 heterocycles. The molecule has 0 fully saturated rings. The van der Waals surface area contributed by atoms with Crippen molar-refractivity contribution in [3.63, 3.8) is 0 Å². The predicted molar refractivity (Wildman–Crippen MR) is 85.3 cm³/mol. The van der Waals surface area contributed by atoms with Gasteiger partial charge in [0.2, 0.25) is 0 Å². The van der Waals surface area contributed by atoms with Gasteiger partial charge in [-0.25, -0.2) is 0 Å². The van der Waals surface area contributed by atoms with E-state index in [1.165, 1.54) is 0 Å². The van der Waals surface area contributed by atoms with Crippen molar-refractivity contribution in [3.8, 4) is 5.75 Å². The van der Waals surface area contributed by atoms with Crippen molar-refractivity contribution in [2.24, 2.45) is 0 Å². The van der Waals surface area contributed by atoms with Crippen LogP contribution < -0.4 is 4.74 Å². The Morgan fingerprint density at radius 2 is 2.00 bits per heavy atom. The fourth-order valence-corrected chi connectivity index (χ4v) is 2.20. The number of carbonyl (C=O) groups excluding carboxylic acids is 1. The molecule has 0 radical (unpaired) electrons. The van der Waals surface area contributed by atoms with Crippen LogP contribution in [-0.4, -0.2) is 50.1 Å². The van der Waals surface area contributed by atoms with Crippen molar-refractivity contribution in [3.05, 3.63) is 29.8 Å². The maximum absolute atomic E-state index is 12.2. The highest BCUT2D eigenvalue weighted by atomic mass is 35.5. The molecule has 0 saturated carbocycles. The molecule has 1 amide bonds. The Kier molecular flexibility index (Phi) is 8.16. The second-order valence-corrected chi connectivity index (χ2v) is 5.58. The first-order valence-electron chi connectivity index (χ1n) is 7.19. The molecule has 0 saturated heterocycles. The Balaban J connectivity index is 2.53. The Labute approximate surface area is 132 Å². The highest BCUT2D eigenvalue weighted by molar-refractivity contribution is 6.21. The van der Waals surface area contributed by atoms with Crippen LogP contribution in [-0.2, 0) is 4.74 Å². The van der Waals surface area contributed by atoms with Gasteiger partial charge in [0.05, 0.1) is 18.6 Å². The molecule has 0 aliphatic carbocycles. The van der Waals surface area contributed by atoms with Crippen LogP contribution in [0, 0.1) is 0 Å². The number of nitrogens with zero attached hydrogens (tertiary/aromatic N) is 1. The minimum Gasteiger partial charge on any atom is -0.494 e. The molecular formula is C16H24ClNO3. The van der Waals surface area contributed by atoms with Gasteiger partial charge in [-0.2, -0.15) is 0 Å². The van der Waals surface area contributed by atoms with E-state index in [2.05, 4.69) is 6.92 Å². The summed E-state index contributed by atoms with van der Waals surface area (Å²) in [5, 5.41) is -0.208. The van der Waals surface area contributed by atoms with E-state index in [1.54, 1.807) is 31.2 Å². The SMILES string of the molecule is CCCCOc1ccc(C(=O)N(C)CC(Cl)COC)cc1. The summed E-state index contributed by atoms with van der Waals surface area (Å²) in [6.45, 7) is 3.69. The number of benzene rings is 1. The number of alkyl halides is 1. The van der Waals surface area contributed by atoms with Crippen LogP contribution in [0.4, 0.5) is 0 Å². The van der Waals surface area contributed by atoms with E-state index in [0.717, 1.165) is 18.6 Å². The average Bonchev–Trinajstić information content (AvgIpc) is 2.47. The molecule has 21 heavy (non-hydrogen) atoms. The second kappa shape index (κ2) is 9.64. The minimum absolute atomic E-state index is 0.0585. The fraction of sp³-hybridized carbons (Fsp3) is 0.562. The van der Waals surface area contributed by atoms with Gasteiger partial charge in [-0.3, -0.25) is 4.79 Å². The summed E-state index contributed by atoms with van der Waals surface area (Å²) in [5.74, 6) is 0.731. The Bertz CT molecular complexity index is 422. The zero-order valence-electron chi connectivity index (χ0n) is 13.0. The number of ether oxygens (including phenoxy) is 2. The maximum Gasteiger partial charge on any atom is 0.253 e. The fourth-order valence-electron chi connectivity index (χ4n) is 1.86. The number of hydrogen-bond acceptors (Lipinski definition) is 3. The largest absolute Gasteiger partial charge is 0.494 e. The van der Waals surface area contributed by atoms with Gasteiger partial charge in [-0.05, 0) is 30.7 Å². The molecule has 4 nitrogen and oxygen atoms in total. The van der Waals surface area contributed by atoms with Crippen molar-refractivity contribution in [2.75, 3.05) is 33.9 Å². The van der Waals surface area contributed by atoms with Crippen LogP contribution in [0.2, 0.25) is 0 Å². The average molecular weight is 314 g/mol. The van der Waals surface area contributed by atoms with Gasteiger partial charge in [0, 0.05) is 26.3 Å². The van der Waals surface area contributed by atoms with Crippen LogP contribution in [0.3, 0.4) is 0 Å². The van der Waals surface area contributed by atoms with E-state index in [1.807, 2.05) is 12.1 Å². The molecule has 0 aromatic heterocycles. The predicted octanol–water partition coefficient (Wildman–Crippen LogP) is 3.19. The lowest BCUT2D eigenvalue weighted by Gasteiger charge is -2.20. The van der Waals surface area contributed by atoms with E-state index >= 15 is 0 Å². The zero-order valence-corrected chi connectivity index (χ0v) is 13.7. The smallest absolute Gasteiger partial charge is 0.253 e. The molecule has 1 aromatic carbocycles. The quantitative estimate of drug-likeness (QED) is 0.519. The third kappa shape index (κ3) is 6.36.